The molecule has 0 aliphatic rings. The number of ether oxygens (including phenoxy) is 1. The van der Waals surface area contributed by atoms with Crippen LogP contribution in [-0.4, -0.2) is 49.8 Å². The second-order valence-corrected chi connectivity index (χ2v) is 4.58. The Kier molecular flexibility index (Phi) is 10.5. The fourth-order valence-corrected chi connectivity index (χ4v) is 1.77. The zero-order valence-corrected chi connectivity index (χ0v) is 12.0. The average Bonchev–Trinajstić information content (AvgIpc) is 2.36. The van der Waals surface area contributed by atoms with Crippen molar-refractivity contribution in [2.24, 2.45) is 5.73 Å². The summed E-state index contributed by atoms with van der Waals surface area (Å²) in [6.45, 7) is 2.13. The molecular formula is C13H25F3N2O2. The molecule has 7 heteroatoms. The van der Waals surface area contributed by atoms with Gasteiger partial charge in [-0.05, 0) is 32.7 Å². The van der Waals surface area contributed by atoms with Gasteiger partial charge in [0.2, 0.25) is 5.91 Å². The Labute approximate surface area is 118 Å². The van der Waals surface area contributed by atoms with Crippen molar-refractivity contribution in [3.05, 3.63) is 0 Å². The third-order valence-corrected chi connectivity index (χ3v) is 2.74. The summed E-state index contributed by atoms with van der Waals surface area (Å²) in [5.74, 6) is -0.448. The van der Waals surface area contributed by atoms with E-state index in [1.165, 1.54) is 0 Å². The van der Waals surface area contributed by atoms with E-state index in [1.807, 2.05) is 6.92 Å². The van der Waals surface area contributed by atoms with Crippen LogP contribution in [0, 0.1) is 0 Å². The van der Waals surface area contributed by atoms with Gasteiger partial charge in [-0.2, -0.15) is 13.2 Å². The lowest BCUT2D eigenvalue weighted by molar-refractivity contribution is -0.161. The minimum atomic E-state index is -4.36. The zero-order valence-electron chi connectivity index (χ0n) is 12.0. The van der Waals surface area contributed by atoms with E-state index in [2.05, 4.69) is 0 Å². The van der Waals surface area contributed by atoms with Crippen molar-refractivity contribution in [2.75, 3.05) is 32.8 Å². The van der Waals surface area contributed by atoms with Crippen molar-refractivity contribution in [3.8, 4) is 0 Å². The third kappa shape index (κ3) is 11.0. The van der Waals surface area contributed by atoms with Crippen LogP contribution in [0.4, 0.5) is 13.2 Å². The maximum absolute atomic E-state index is 12.4. The molecule has 4 nitrogen and oxygen atoms in total. The van der Waals surface area contributed by atoms with Gasteiger partial charge in [-0.25, -0.2) is 0 Å². The lowest BCUT2D eigenvalue weighted by Gasteiger charge is -2.24. The number of carbonyl (C=O) groups is 1. The van der Waals surface area contributed by atoms with Crippen molar-refractivity contribution in [1.29, 1.82) is 0 Å². The first-order valence-electron chi connectivity index (χ1n) is 7.03. The molecule has 0 spiro atoms. The summed E-state index contributed by atoms with van der Waals surface area (Å²) in [5, 5.41) is 0. The van der Waals surface area contributed by atoms with Gasteiger partial charge in [0, 0.05) is 26.2 Å². The van der Waals surface area contributed by atoms with Gasteiger partial charge in [-0.15, -0.1) is 0 Å². The van der Waals surface area contributed by atoms with E-state index in [-0.39, 0.29) is 13.0 Å². The van der Waals surface area contributed by atoms with Crippen LogP contribution in [0.25, 0.3) is 0 Å². The molecule has 0 aromatic carbocycles. The molecule has 0 atom stereocenters. The fraction of sp³-hybridized carbons (Fsp3) is 0.923. The highest BCUT2D eigenvalue weighted by molar-refractivity contribution is 5.76. The van der Waals surface area contributed by atoms with E-state index in [0.717, 1.165) is 17.7 Å². The molecule has 0 saturated carbocycles. The molecule has 0 saturated heterocycles. The molecule has 0 heterocycles. The smallest absolute Gasteiger partial charge is 0.382 e. The van der Waals surface area contributed by atoms with E-state index in [0.29, 0.717) is 32.6 Å². The lowest BCUT2D eigenvalue weighted by Crippen LogP contribution is -2.39. The molecule has 1 amide bonds. The van der Waals surface area contributed by atoms with Gasteiger partial charge in [-0.1, -0.05) is 6.42 Å². The Hall–Kier alpha value is -0.820. The molecule has 2 N–H and O–H groups in total. The number of nitrogens with zero attached hydrogens (tertiary/aromatic N) is 1. The normalized spacial score (nSPS) is 11.7. The van der Waals surface area contributed by atoms with Crippen molar-refractivity contribution in [1.82, 2.24) is 4.90 Å². The van der Waals surface area contributed by atoms with Crippen LogP contribution in [0.15, 0.2) is 0 Å². The van der Waals surface area contributed by atoms with Gasteiger partial charge in [0.25, 0.3) is 0 Å². The van der Waals surface area contributed by atoms with E-state index in [4.69, 9.17) is 10.5 Å². The standard InChI is InChI=1S/C13H25F3N2O2/c1-2-20-10-6-9-18(11-13(14,15)16)12(19)7-4-3-5-8-17/h2-11,17H2,1H3. The van der Waals surface area contributed by atoms with Crippen molar-refractivity contribution >= 4 is 5.91 Å². The fourth-order valence-electron chi connectivity index (χ4n) is 1.77. The minimum absolute atomic E-state index is 0.0786. The van der Waals surface area contributed by atoms with Crippen molar-refractivity contribution < 1.29 is 22.7 Å². The highest BCUT2D eigenvalue weighted by atomic mass is 19.4. The summed E-state index contributed by atoms with van der Waals surface area (Å²) in [6.07, 6.45) is -1.67. The predicted molar refractivity (Wildman–Crippen MR) is 71.3 cm³/mol. The summed E-state index contributed by atoms with van der Waals surface area (Å²) in [5.41, 5.74) is 5.32. The second-order valence-electron chi connectivity index (χ2n) is 4.58. The van der Waals surface area contributed by atoms with E-state index >= 15 is 0 Å². The van der Waals surface area contributed by atoms with Crippen LogP contribution in [0.2, 0.25) is 0 Å². The summed E-state index contributed by atoms with van der Waals surface area (Å²) in [6, 6.07) is 0. The Balaban J connectivity index is 4.17. The summed E-state index contributed by atoms with van der Waals surface area (Å²) in [7, 11) is 0. The van der Waals surface area contributed by atoms with E-state index in [1.54, 1.807) is 0 Å². The van der Waals surface area contributed by atoms with Gasteiger partial charge < -0.3 is 15.4 Å². The summed E-state index contributed by atoms with van der Waals surface area (Å²) < 4.78 is 42.4. The van der Waals surface area contributed by atoms with Crippen molar-refractivity contribution in [2.45, 2.75) is 45.2 Å². The van der Waals surface area contributed by atoms with Crippen LogP contribution >= 0.6 is 0 Å². The topological polar surface area (TPSA) is 55.6 Å². The van der Waals surface area contributed by atoms with Crippen LogP contribution in [0.1, 0.15) is 39.0 Å². The Bertz CT molecular complexity index is 260. The van der Waals surface area contributed by atoms with Gasteiger partial charge in [0.1, 0.15) is 6.54 Å². The number of rotatable bonds is 11. The van der Waals surface area contributed by atoms with Gasteiger partial charge >= 0.3 is 6.18 Å². The highest BCUT2D eigenvalue weighted by Gasteiger charge is 2.32. The van der Waals surface area contributed by atoms with Crippen LogP contribution < -0.4 is 5.73 Å². The molecule has 0 unspecified atom stereocenters. The van der Waals surface area contributed by atoms with Crippen LogP contribution in [0.5, 0.6) is 0 Å². The lowest BCUT2D eigenvalue weighted by atomic mass is 10.1. The molecule has 0 rings (SSSR count). The monoisotopic (exact) mass is 298 g/mol. The number of hydrogen-bond acceptors (Lipinski definition) is 3. The minimum Gasteiger partial charge on any atom is -0.382 e. The molecule has 0 fully saturated rings. The molecule has 0 aliphatic heterocycles. The Morgan fingerprint density at radius 3 is 2.45 bits per heavy atom. The van der Waals surface area contributed by atoms with E-state index < -0.39 is 18.6 Å². The molecule has 120 valence electrons. The summed E-state index contributed by atoms with van der Waals surface area (Å²) in [4.78, 5) is 12.7. The third-order valence-electron chi connectivity index (χ3n) is 2.74. The Morgan fingerprint density at radius 2 is 1.90 bits per heavy atom. The SMILES string of the molecule is CCOCCCN(CC(F)(F)F)C(=O)CCCCCN. The largest absolute Gasteiger partial charge is 0.406 e. The maximum atomic E-state index is 12.4. The first kappa shape index (κ1) is 19.2. The number of amides is 1. The number of halogens is 3. The molecule has 0 bridgehead atoms. The second kappa shape index (κ2) is 10.9. The van der Waals surface area contributed by atoms with Gasteiger partial charge in [-0.3, -0.25) is 4.79 Å². The number of nitrogens with two attached hydrogens (primary N) is 1. The molecule has 0 aromatic rings. The molecular weight excluding hydrogens is 273 g/mol. The zero-order chi connectivity index (χ0) is 15.4. The molecule has 20 heavy (non-hydrogen) atoms. The predicted octanol–water partition coefficient (Wildman–Crippen LogP) is 2.32. The van der Waals surface area contributed by atoms with Crippen LogP contribution in [-0.2, 0) is 9.53 Å². The Morgan fingerprint density at radius 1 is 1.20 bits per heavy atom. The average molecular weight is 298 g/mol. The quantitative estimate of drug-likeness (QED) is 0.596. The van der Waals surface area contributed by atoms with Crippen LogP contribution in [0.3, 0.4) is 0 Å². The number of hydrogen-bond donors (Lipinski definition) is 1. The highest BCUT2D eigenvalue weighted by Crippen LogP contribution is 2.17. The summed E-state index contributed by atoms with van der Waals surface area (Å²) >= 11 is 0. The molecule has 0 radical (unpaired) electrons. The number of alkyl halides is 3. The van der Waals surface area contributed by atoms with Gasteiger partial charge in [0.15, 0.2) is 0 Å². The molecule has 0 aromatic heterocycles. The number of unbranched alkanes of at least 4 members (excludes halogenated alkanes) is 2. The van der Waals surface area contributed by atoms with E-state index in [9.17, 15) is 18.0 Å². The molecule has 0 aliphatic carbocycles. The number of carbonyl (C=O) groups excluding carboxylic acids is 1. The first-order chi connectivity index (χ1) is 9.40. The van der Waals surface area contributed by atoms with Gasteiger partial charge in [0.05, 0.1) is 0 Å². The van der Waals surface area contributed by atoms with Crippen molar-refractivity contribution in [3.63, 3.8) is 0 Å². The maximum Gasteiger partial charge on any atom is 0.406 e. The first-order valence-corrected chi connectivity index (χ1v) is 7.03.